The van der Waals surface area contributed by atoms with Crippen molar-refractivity contribution in [3.63, 3.8) is 0 Å². The van der Waals surface area contributed by atoms with Gasteiger partial charge in [0.05, 0.1) is 22.8 Å². The van der Waals surface area contributed by atoms with E-state index in [1.165, 1.54) is 23.1 Å². The third-order valence-corrected chi connectivity index (χ3v) is 6.63. The van der Waals surface area contributed by atoms with Crippen molar-refractivity contribution in [2.24, 2.45) is 0 Å². The van der Waals surface area contributed by atoms with Gasteiger partial charge in [-0.15, -0.1) is 11.3 Å². The van der Waals surface area contributed by atoms with Crippen LogP contribution in [-0.4, -0.2) is 34.1 Å². The van der Waals surface area contributed by atoms with Crippen LogP contribution in [0.25, 0.3) is 17.2 Å². The molecule has 2 N–H and O–H groups in total. The number of hydrogen-bond acceptors (Lipinski definition) is 8. The molecule has 0 saturated heterocycles. The topological polar surface area (TPSA) is 89.0 Å². The molecule has 0 aliphatic heterocycles. The number of anilines is 3. The predicted molar refractivity (Wildman–Crippen MR) is 147 cm³/mol. The van der Waals surface area contributed by atoms with E-state index in [0.29, 0.717) is 30.6 Å². The predicted octanol–water partition coefficient (Wildman–Crippen LogP) is 6.68. The number of carbonyl (C=O) groups excluding carboxylic acids is 1. The second-order valence-electron chi connectivity index (χ2n) is 7.96. The van der Waals surface area contributed by atoms with Crippen LogP contribution in [-0.2, 0) is 16.0 Å². The molecule has 0 unspecified atom stereocenters. The Hall–Kier alpha value is -3.82. The minimum Gasteiger partial charge on any atom is -0.463 e. The van der Waals surface area contributed by atoms with Gasteiger partial charge in [-0.2, -0.15) is 4.98 Å². The molecule has 7 nitrogen and oxygen atoms in total. The zero-order valence-corrected chi connectivity index (χ0v) is 21.9. The lowest BCUT2D eigenvalue weighted by Gasteiger charge is -2.14. The molecule has 2 aromatic carbocycles. The summed E-state index contributed by atoms with van der Waals surface area (Å²) < 4.78 is 18.5. The third-order valence-electron chi connectivity index (χ3n) is 5.35. The normalized spacial score (nSPS) is 11.0. The minimum absolute atomic E-state index is 0.00702. The van der Waals surface area contributed by atoms with E-state index in [-0.39, 0.29) is 5.02 Å². The average molecular weight is 538 g/mol. The SMILES string of the molecule is CCOC(=O)/C=C\c1cccc(-c2cnc(Nc3ccc(F)c(Cl)c3)nc2NCCc2scnc2C)c1. The number of rotatable bonds is 10. The first-order chi connectivity index (χ1) is 17.9. The van der Waals surface area contributed by atoms with Crippen molar-refractivity contribution in [3.8, 4) is 11.1 Å². The first-order valence-corrected chi connectivity index (χ1v) is 12.9. The maximum Gasteiger partial charge on any atom is 0.330 e. The Morgan fingerprint density at radius 3 is 2.84 bits per heavy atom. The zero-order valence-electron chi connectivity index (χ0n) is 20.3. The van der Waals surface area contributed by atoms with E-state index < -0.39 is 11.8 Å². The van der Waals surface area contributed by atoms with Gasteiger partial charge in [-0.25, -0.2) is 19.2 Å². The fraction of sp³-hybridized carbons (Fsp3) is 0.185. The van der Waals surface area contributed by atoms with Crippen LogP contribution in [0.5, 0.6) is 0 Å². The standard InChI is InChI=1S/C27H25ClFN5O2S/c1-3-36-25(35)10-7-18-5-4-6-19(13-18)21-15-31-27(33-20-8-9-23(29)22(28)14-20)34-26(21)30-12-11-24-17(2)32-16-37-24/h4-10,13-16H,3,11-12H2,1-2H3,(H2,30,31,33,34)/b10-7-. The van der Waals surface area contributed by atoms with E-state index in [0.717, 1.165) is 28.8 Å². The van der Waals surface area contributed by atoms with Gasteiger partial charge in [0.2, 0.25) is 5.95 Å². The molecule has 0 aliphatic rings. The van der Waals surface area contributed by atoms with Crippen molar-refractivity contribution in [1.82, 2.24) is 15.0 Å². The Labute approximate surface area is 223 Å². The number of benzene rings is 2. The molecule has 190 valence electrons. The zero-order chi connectivity index (χ0) is 26.2. The summed E-state index contributed by atoms with van der Waals surface area (Å²) in [6, 6.07) is 12.0. The molecular weight excluding hydrogens is 513 g/mol. The molecule has 0 amide bonds. The first kappa shape index (κ1) is 26.2. The highest BCUT2D eigenvalue weighted by atomic mass is 35.5. The molecule has 2 aromatic heterocycles. The highest BCUT2D eigenvalue weighted by Crippen LogP contribution is 2.29. The third kappa shape index (κ3) is 7.12. The number of halogens is 2. The van der Waals surface area contributed by atoms with E-state index in [1.807, 2.05) is 36.7 Å². The summed E-state index contributed by atoms with van der Waals surface area (Å²) in [7, 11) is 0. The Morgan fingerprint density at radius 2 is 2.08 bits per heavy atom. The van der Waals surface area contributed by atoms with Crippen LogP contribution in [0, 0.1) is 12.7 Å². The lowest BCUT2D eigenvalue weighted by atomic mass is 10.0. The number of esters is 1. The molecule has 0 aliphatic carbocycles. The Kier molecular flexibility index (Phi) is 8.81. The Balaban J connectivity index is 1.61. The number of hydrogen-bond donors (Lipinski definition) is 2. The van der Waals surface area contributed by atoms with Crippen molar-refractivity contribution in [3.05, 3.63) is 87.2 Å². The van der Waals surface area contributed by atoms with Crippen LogP contribution in [0.2, 0.25) is 5.02 Å². The van der Waals surface area contributed by atoms with Gasteiger partial charge in [0.25, 0.3) is 0 Å². The quantitative estimate of drug-likeness (QED) is 0.172. The van der Waals surface area contributed by atoms with Gasteiger partial charge >= 0.3 is 5.97 Å². The van der Waals surface area contributed by atoms with Gasteiger partial charge in [0, 0.05) is 41.4 Å². The summed E-state index contributed by atoms with van der Waals surface area (Å²) in [5.74, 6) is 0.0648. The number of ether oxygens (including phenoxy) is 1. The van der Waals surface area contributed by atoms with Gasteiger partial charge in [-0.1, -0.05) is 29.8 Å². The number of nitrogens with zero attached hydrogens (tertiary/aromatic N) is 3. The summed E-state index contributed by atoms with van der Waals surface area (Å²) >= 11 is 7.54. The van der Waals surface area contributed by atoms with E-state index in [9.17, 15) is 9.18 Å². The summed E-state index contributed by atoms with van der Waals surface area (Å²) in [6.45, 7) is 4.71. The van der Waals surface area contributed by atoms with Gasteiger partial charge in [0.1, 0.15) is 11.6 Å². The first-order valence-electron chi connectivity index (χ1n) is 11.6. The van der Waals surface area contributed by atoms with Gasteiger partial charge in [0.15, 0.2) is 0 Å². The van der Waals surface area contributed by atoms with Crippen LogP contribution in [0.1, 0.15) is 23.1 Å². The van der Waals surface area contributed by atoms with Gasteiger partial charge in [-0.05, 0) is 55.3 Å². The maximum absolute atomic E-state index is 13.6. The molecule has 0 spiro atoms. The summed E-state index contributed by atoms with van der Waals surface area (Å²) in [4.78, 5) is 26.4. The lowest BCUT2D eigenvalue weighted by molar-refractivity contribution is -0.137. The molecule has 0 bridgehead atoms. The van der Waals surface area contributed by atoms with Crippen LogP contribution in [0.15, 0.2) is 60.2 Å². The molecule has 0 radical (unpaired) electrons. The largest absolute Gasteiger partial charge is 0.463 e. The minimum atomic E-state index is -0.499. The average Bonchev–Trinajstić information content (AvgIpc) is 3.30. The molecular formula is C27H25ClFN5O2S. The molecule has 4 rings (SSSR count). The van der Waals surface area contributed by atoms with Crippen LogP contribution >= 0.6 is 22.9 Å². The number of aryl methyl sites for hydroxylation is 1. The number of thiazole rings is 1. The summed E-state index contributed by atoms with van der Waals surface area (Å²) in [6.07, 6.45) is 5.61. The number of nitrogens with one attached hydrogen (secondary N) is 2. The summed E-state index contributed by atoms with van der Waals surface area (Å²) in [5.41, 5.74) is 5.92. The maximum atomic E-state index is 13.6. The monoisotopic (exact) mass is 537 g/mol. The van der Waals surface area contributed by atoms with Crippen LogP contribution in [0.3, 0.4) is 0 Å². The van der Waals surface area contributed by atoms with E-state index in [4.69, 9.17) is 21.3 Å². The molecule has 37 heavy (non-hydrogen) atoms. The molecule has 2 heterocycles. The van der Waals surface area contributed by atoms with E-state index in [1.54, 1.807) is 36.6 Å². The lowest BCUT2D eigenvalue weighted by Crippen LogP contribution is -2.09. The van der Waals surface area contributed by atoms with Crippen molar-refractivity contribution in [2.75, 3.05) is 23.8 Å². The second-order valence-corrected chi connectivity index (χ2v) is 9.30. The molecule has 0 saturated carbocycles. The molecule has 10 heteroatoms. The van der Waals surface area contributed by atoms with Crippen molar-refractivity contribution < 1.29 is 13.9 Å². The van der Waals surface area contributed by atoms with E-state index in [2.05, 4.69) is 20.6 Å². The molecule has 4 aromatic rings. The van der Waals surface area contributed by atoms with Crippen molar-refractivity contribution in [2.45, 2.75) is 20.3 Å². The highest BCUT2D eigenvalue weighted by Gasteiger charge is 2.12. The van der Waals surface area contributed by atoms with Gasteiger partial charge < -0.3 is 15.4 Å². The van der Waals surface area contributed by atoms with Crippen molar-refractivity contribution >= 4 is 52.4 Å². The van der Waals surface area contributed by atoms with Gasteiger partial charge in [-0.3, -0.25) is 0 Å². The fourth-order valence-corrected chi connectivity index (χ4v) is 4.48. The smallest absolute Gasteiger partial charge is 0.330 e. The Bertz CT molecular complexity index is 1430. The van der Waals surface area contributed by atoms with E-state index >= 15 is 0 Å². The summed E-state index contributed by atoms with van der Waals surface area (Å²) in [5, 5.41) is 6.50. The molecule has 0 atom stereocenters. The number of carbonyl (C=O) groups is 1. The van der Waals surface area contributed by atoms with Crippen LogP contribution < -0.4 is 10.6 Å². The number of aromatic nitrogens is 3. The van der Waals surface area contributed by atoms with Crippen LogP contribution in [0.4, 0.5) is 21.8 Å². The fourth-order valence-electron chi connectivity index (χ4n) is 3.52. The van der Waals surface area contributed by atoms with Crippen molar-refractivity contribution in [1.29, 1.82) is 0 Å². The molecule has 0 fully saturated rings. The second kappa shape index (κ2) is 12.4. The Morgan fingerprint density at radius 1 is 1.22 bits per heavy atom. The highest BCUT2D eigenvalue weighted by molar-refractivity contribution is 7.09.